The number of hydrogen-bond acceptors (Lipinski definition) is 4. The molecule has 0 fully saturated rings. The summed E-state index contributed by atoms with van der Waals surface area (Å²) in [6, 6.07) is 2.55. The van der Waals surface area contributed by atoms with Crippen LogP contribution in [0.3, 0.4) is 0 Å². The van der Waals surface area contributed by atoms with Gasteiger partial charge < -0.3 is 9.88 Å². The average Bonchev–Trinajstić information content (AvgIpc) is 3.03. The minimum atomic E-state index is 0.352. The van der Waals surface area contributed by atoms with Crippen LogP contribution < -0.4 is 5.32 Å². The standard InChI is InChI=1S/C13H18N4S/c1-3-9-5-8-18-11(9)13-16-15-12-10(4-2)14-6-7-17(12)13/h5,8,10,14H,3-4,6-7H2,1-2H3. The molecule has 0 bridgehead atoms. The Balaban J connectivity index is 2.07. The topological polar surface area (TPSA) is 42.7 Å². The largest absolute Gasteiger partial charge is 0.308 e. The highest BCUT2D eigenvalue weighted by molar-refractivity contribution is 7.13. The minimum absolute atomic E-state index is 0.352. The van der Waals surface area contributed by atoms with Gasteiger partial charge in [0.1, 0.15) is 0 Å². The molecular formula is C13H18N4S. The lowest BCUT2D eigenvalue weighted by molar-refractivity contribution is 0.407. The van der Waals surface area contributed by atoms with Crippen molar-refractivity contribution < 1.29 is 0 Å². The van der Waals surface area contributed by atoms with Crippen LogP contribution in [0.4, 0.5) is 0 Å². The maximum atomic E-state index is 4.43. The van der Waals surface area contributed by atoms with E-state index in [-0.39, 0.29) is 0 Å². The van der Waals surface area contributed by atoms with E-state index in [1.54, 1.807) is 11.3 Å². The van der Waals surface area contributed by atoms with E-state index in [2.05, 4.69) is 45.4 Å². The minimum Gasteiger partial charge on any atom is -0.308 e. The maximum Gasteiger partial charge on any atom is 0.174 e. The SMILES string of the molecule is CCc1ccsc1-c1nnc2n1CCNC2CC. The summed E-state index contributed by atoms with van der Waals surface area (Å²) < 4.78 is 2.29. The molecule has 3 heterocycles. The van der Waals surface area contributed by atoms with Crippen molar-refractivity contribution >= 4 is 11.3 Å². The first-order valence-electron chi connectivity index (χ1n) is 6.58. The number of aryl methyl sites for hydroxylation is 1. The van der Waals surface area contributed by atoms with Crippen LogP contribution in [-0.2, 0) is 13.0 Å². The van der Waals surface area contributed by atoms with Gasteiger partial charge in [-0.05, 0) is 29.9 Å². The second-order valence-corrected chi connectivity index (χ2v) is 5.49. The molecular weight excluding hydrogens is 244 g/mol. The van der Waals surface area contributed by atoms with Crippen molar-refractivity contribution in [1.29, 1.82) is 0 Å². The van der Waals surface area contributed by atoms with E-state index in [1.807, 2.05) is 0 Å². The number of fused-ring (bicyclic) bond motifs is 1. The highest BCUT2D eigenvalue weighted by atomic mass is 32.1. The Morgan fingerprint density at radius 2 is 2.33 bits per heavy atom. The van der Waals surface area contributed by atoms with Crippen LogP contribution in [-0.4, -0.2) is 21.3 Å². The molecule has 0 spiro atoms. The van der Waals surface area contributed by atoms with E-state index >= 15 is 0 Å². The van der Waals surface area contributed by atoms with Crippen LogP contribution in [0.2, 0.25) is 0 Å². The van der Waals surface area contributed by atoms with Crippen molar-refractivity contribution in [3.05, 3.63) is 22.8 Å². The van der Waals surface area contributed by atoms with E-state index in [0.717, 1.165) is 37.6 Å². The number of thiophene rings is 1. The Morgan fingerprint density at radius 3 is 3.11 bits per heavy atom. The molecule has 1 aliphatic heterocycles. The van der Waals surface area contributed by atoms with Gasteiger partial charge in [0, 0.05) is 13.1 Å². The van der Waals surface area contributed by atoms with Crippen molar-refractivity contribution in [2.24, 2.45) is 0 Å². The molecule has 1 unspecified atom stereocenters. The molecule has 5 heteroatoms. The van der Waals surface area contributed by atoms with Crippen LogP contribution in [0.5, 0.6) is 0 Å². The van der Waals surface area contributed by atoms with Gasteiger partial charge in [-0.3, -0.25) is 0 Å². The highest BCUT2D eigenvalue weighted by Gasteiger charge is 2.25. The molecule has 96 valence electrons. The van der Waals surface area contributed by atoms with Crippen molar-refractivity contribution in [1.82, 2.24) is 20.1 Å². The van der Waals surface area contributed by atoms with Gasteiger partial charge in [-0.15, -0.1) is 21.5 Å². The summed E-state index contributed by atoms with van der Waals surface area (Å²) in [5, 5.41) is 14.5. The number of nitrogens with one attached hydrogen (secondary N) is 1. The molecule has 1 atom stereocenters. The van der Waals surface area contributed by atoms with Gasteiger partial charge in [0.05, 0.1) is 10.9 Å². The first-order chi connectivity index (χ1) is 8.85. The van der Waals surface area contributed by atoms with Crippen LogP contribution in [0.25, 0.3) is 10.7 Å². The fourth-order valence-electron chi connectivity index (χ4n) is 2.54. The molecule has 18 heavy (non-hydrogen) atoms. The lowest BCUT2D eigenvalue weighted by Gasteiger charge is -2.23. The zero-order valence-corrected chi connectivity index (χ0v) is 11.6. The second-order valence-electron chi connectivity index (χ2n) is 4.58. The summed E-state index contributed by atoms with van der Waals surface area (Å²) in [4.78, 5) is 1.29. The molecule has 4 nitrogen and oxygen atoms in total. The van der Waals surface area contributed by atoms with Crippen molar-refractivity contribution in [2.45, 2.75) is 39.3 Å². The number of hydrogen-bond donors (Lipinski definition) is 1. The van der Waals surface area contributed by atoms with Crippen LogP contribution in [0.15, 0.2) is 11.4 Å². The van der Waals surface area contributed by atoms with Gasteiger partial charge in [-0.1, -0.05) is 13.8 Å². The van der Waals surface area contributed by atoms with Crippen molar-refractivity contribution in [2.75, 3.05) is 6.54 Å². The molecule has 0 saturated carbocycles. The van der Waals surface area contributed by atoms with E-state index < -0.39 is 0 Å². The third kappa shape index (κ3) is 1.78. The van der Waals surface area contributed by atoms with E-state index in [9.17, 15) is 0 Å². The summed E-state index contributed by atoms with van der Waals surface area (Å²) in [6.45, 7) is 6.35. The van der Waals surface area contributed by atoms with Crippen molar-refractivity contribution in [3.63, 3.8) is 0 Å². The Labute approximate surface area is 111 Å². The number of aromatic nitrogens is 3. The molecule has 0 aliphatic carbocycles. The quantitative estimate of drug-likeness (QED) is 0.924. The van der Waals surface area contributed by atoms with E-state index in [1.165, 1.54) is 10.4 Å². The predicted octanol–water partition coefficient (Wildman–Crippen LogP) is 2.62. The Kier molecular flexibility index (Phi) is 3.18. The zero-order valence-electron chi connectivity index (χ0n) is 10.8. The maximum absolute atomic E-state index is 4.43. The fourth-order valence-corrected chi connectivity index (χ4v) is 3.53. The van der Waals surface area contributed by atoms with Gasteiger partial charge in [0.15, 0.2) is 11.6 Å². The normalized spacial score (nSPS) is 18.9. The summed E-state index contributed by atoms with van der Waals surface area (Å²) in [5.74, 6) is 2.14. The summed E-state index contributed by atoms with van der Waals surface area (Å²) in [5.41, 5.74) is 1.38. The van der Waals surface area contributed by atoms with Gasteiger partial charge in [-0.25, -0.2) is 0 Å². The lowest BCUT2D eigenvalue weighted by Crippen LogP contribution is -2.33. The van der Waals surface area contributed by atoms with Gasteiger partial charge >= 0.3 is 0 Å². The molecule has 3 rings (SSSR count). The van der Waals surface area contributed by atoms with Crippen LogP contribution >= 0.6 is 11.3 Å². The Bertz CT molecular complexity index is 543. The molecule has 2 aromatic heterocycles. The molecule has 0 aromatic carbocycles. The summed E-state index contributed by atoms with van der Waals surface area (Å²) >= 11 is 1.77. The fraction of sp³-hybridized carbons (Fsp3) is 0.538. The Hall–Kier alpha value is -1.20. The summed E-state index contributed by atoms with van der Waals surface area (Å²) in [7, 11) is 0. The first-order valence-corrected chi connectivity index (χ1v) is 7.46. The van der Waals surface area contributed by atoms with E-state index in [0.29, 0.717) is 6.04 Å². The predicted molar refractivity (Wildman–Crippen MR) is 73.7 cm³/mol. The van der Waals surface area contributed by atoms with Crippen molar-refractivity contribution in [3.8, 4) is 10.7 Å². The zero-order chi connectivity index (χ0) is 12.5. The average molecular weight is 262 g/mol. The molecule has 1 N–H and O–H groups in total. The summed E-state index contributed by atoms with van der Waals surface area (Å²) in [6.07, 6.45) is 2.11. The molecule has 0 amide bonds. The third-order valence-electron chi connectivity index (χ3n) is 3.56. The Morgan fingerprint density at radius 1 is 1.44 bits per heavy atom. The third-order valence-corrected chi connectivity index (χ3v) is 4.51. The highest BCUT2D eigenvalue weighted by Crippen LogP contribution is 2.31. The van der Waals surface area contributed by atoms with E-state index in [4.69, 9.17) is 0 Å². The number of rotatable bonds is 3. The monoisotopic (exact) mass is 262 g/mol. The van der Waals surface area contributed by atoms with Gasteiger partial charge in [0.25, 0.3) is 0 Å². The van der Waals surface area contributed by atoms with Crippen LogP contribution in [0.1, 0.15) is 37.7 Å². The first kappa shape index (κ1) is 11.9. The lowest BCUT2D eigenvalue weighted by atomic mass is 10.1. The molecule has 0 radical (unpaired) electrons. The second kappa shape index (κ2) is 4.82. The molecule has 2 aromatic rings. The number of nitrogens with zero attached hydrogens (tertiary/aromatic N) is 3. The van der Waals surface area contributed by atoms with Crippen LogP contribution in [0, 0.1) is 0 Å². The van der Waals surface area contributed by atoms with Gasteiger partial charge in [-0.2, -0.15) is 0 Å². The smallest absolute Gasteiger partial charge is 0.174 e. The molecule has 1 aliphatic rings. The molecule has 0 saturated heterocycles. The van der Waals surface area contributed by atoms with Gasteiger partial charge in [0.2, 0.25) is 0 Å².